The fourth-order valence-corrected chi connectivity index (χ4v) is 1.47. The Labute approximate surface area is 92.2 Å². The van der Waals surface area contributed by atoms with Gasteiger partial charge in [0, 0.05) is 5.56 Å². The van der Waals surface area contributed by atoms with Gasteiger partial charge in [0.15, 0.2) is 5.78 Å². The molecule has 1 aromatic carbocycles. The Kier molecular flexibility index (Phi) is 3.82. The Morgan fingerprint density at radius 3 is 2.56 bits per heavy atom. The largest absolute Gasteiger partial charge is 0.492 e. The Morgan fingerprint density at radius 1 is 1.50 bits per heavy atom. The minimum absolute atomic E-state index is 0.0212. The lowest BCUT2D eigenvalue weighted by Gasteiger charge is -2.13. The van der Waals surface area contributed by atoms with Gasteiger partial charge in [-0.1, -0.05) is 0 Å². The lowest BCUT2D eigenvalue weighted by atomic mass is 10.0. The molecule has 0 aromatic heterocycles. The van der Waals surface area contributed by atoms with Crippen molar-refractivity contribution in [1.82, 2.24) is 0 Å². The predicted molar refractivity (Wildman–Crippen MR) is 57.0 cm³/mol. The van der Waals surface area contributed by atoms with Crippen molar-refractivity contribution in [2.24, 2.45) is 0 Å². The van der Waals surface area contributed by atoms with E-state index in [9.17, 15) is 13.6 Å². The molecular formula is C11H13F2NO2. The SMILES string of the molecule is CCOc1ccc(C(F)F)c(C(C)=O)c1N. The summed E-state index contributed by atoms with van der Waals surface area (Å²) in [7, 11) is 0. The van der Waals surface area contributed by atoms with E-state index in [1.54, 1.807) is 6.92 Å². The van der Waals surface area contributed by atoms with Crippen molar-refractivity contribution in [2.45, 2.75) is 20.3 Å². The molecule has 16 heavy (non-hydrogen) atoms. The highest BCUT2D eigenvalue weighted by Gasteiger charge is 2.21. The van der Waals surface area contributed by atoms with Crippen LogP contribution < -0.4 is 10.5 Å². The van der Waals surface area contributed by atoms with Crippen LogP contribution in [0.15, 0.2) is 12.1 Å². The van der Waals surface area contributed by atoms with Gasteiger partial charge in [0.25, 0.3) is 6.43 Å². The summed E-state index contributed by atoms with van der Waals surface area (Å²) in [5.74, 6) is -0.230. The molecule has 0 radical (unpaired) electrons. The second-order valence-electron chi connectivity index (χ2n) is 3.23. The number of alkyl halides is 2. The lowest BCUT2D eigenvalue weighted by molar-refractivity contribution is 0.0999. The van der Waals surface area contributed by atoms with Gasteiger partial charge in [-0.15, -0.1) is 0 Å². The molecule has 0 saturated heterocycles. The van der Waals surface area contributed by atoms with Crippen LogP contribution >= 0.6 is 0 Å². The minimum Gasteiger partial charge on any atom is -0.492 e. The summed E-state index contributed by atoms with van der Waals surface area (Å²) in [5.41, 5.74) is 5.10. The Bertz CT molecular complexity index is 405. The summed E-state index contributed by atoms with van der Waals surface area (Å²) in [6.45, 7) is 3.30. The van der Waals surface area contributed by atoms with Gasteiger partial charge in [-0.25, -0.2) is 8.78 Å². The fraction of sp³-hybridized carbons (Fsp3) is 0.364. The van der Waals surface area contributed by atoms with Gasteiger partial charge in [0.2, 0.25) is 0 Å². The standard InChI is InChI=1S/C11H13F2NO2/c1-3-16-8-5-4-7(11(12)13)9(6(2)15)10(8)14/h4-5,11H,3,14H2,1-2H3. The molecule has 0 aliphatic heterocycles. The van der Waals surface area contributed by atoms with Crippen LogP contribution in [0.2, 0.25) is 0 Å². The van der Waals surface area contributed by atoms with Crippen LogP contribution in [0, 0.1) is 0 Å². The van der Waals surface area contributed by atoms with Crippen molar-refractivity contribution in [3.8, 4) is 5.75 Å². The molecule has 88 valence electrons. The number of anilines is 1. The van der Waals surface area contributed by atoms with E-state index in [4.69, 9.17) is 10.5 Å². The van der Waals surface area contributed by atoms with Crippen molar-refractivity contribution in [3.05, 3.63) is 23.3 Å². The molecule has 0 bridgehead atoms. The lowest BCUT2D eigenvalue weighted by Crippen LogP contribution is -2.08. The number of hydrogen-bond donors (Lipinski definition) is 1. The van der Waals surface area contributed by atoms with Crippen LogP contribution in [-0.2, 0) is 0 Å². The van der Waals surface area contributed by atoms with Gasteiger partial charge in [-0.3, -0.25) is 4.79 Å². The van der Waals surface area contributed by atoms with E-state index in [1.165, 1.54) is 19.1 Å². The molecule has 1 aromatic rings. The second-order valence-corrected chi connectivity index (χ2v) is 3.23. The van der Waals surface area contributed by atoms with Crippen molar-refractivity contribution in [2.75, 3.05) is 12.3 Å². The first-order valence-corrected chi connectivity index (χ1v) is 4.83. The topological polar surface area (TPSA) is 52.3 Å². The number of hydrogen-bond acceptors (Lipinski definition) is 3. The van der Waals surface area contributed by atoms with Gasteiger partial charge < -0.3 is 10.5 Å². The normalized spacial score (nSPS) is 10.6. The van der Waals surface area contributed by atoms with Gasteiger partial charge in [0.1, 0.15) is 5.75 Å². The van der Waals surface area contributed by atoms with E-state index < -0.39 is 12.2 Å². The summed E-state index contributed by atoms with van der Waals surface area (Å²) in [6.07, 6.45) is -2.73. The van der Waals surface area contributed by atoms with E-state index in [1.807, 2.05) is 0 Å². The summed E-state index contributed by atoms with van der Waals surface area (Å²) >= 11 is 0. The number of nitrogen functional groups attached to an aromatic ring is 1. The maximum Gasteiger partial charge on any atom is 0.264 e. The molecule has 0 amide bonds. The predicted octanol–water partition coefficient (Wildman–Crippen LogP) is 2.81. The van der Waals surface area contributed by atoms with Crippen LogP contribution in [0.3, 0.4) is 0 Å². The van der Waals surface area contributed by atoms with E-state index >= 15 is 0 Å². The molecule has 0 saturated carbocycles. The number of carbonyl (C=O) groups is 1. The molecule has 0 aliphatic carbocycles. The number of rotatable bonds is 4. The van der Waals surface area contributed by atoms with E-state index in [0.717, 1.165) is 0 Å². The highest BCUT2D eigenvalue weighted by Crippen LogP contribution is 2.33. The minimum atomic E-state index is -2.73. The average molecular weight is 229 g/mol. The summed E-state index contributed by atoms with van der Waals surface area (Å²) < 4.78 is 30.4. The second kappa shape index (κ2) is 4.92. The highest BCUT2D eigenvalue weighted by molar-refractivity contribution is 6.01. The maximum absolute atomic E-state index is 12.6. The molecule has 1 rings (SSSR count). The summed E-state index contributed by atoms with van der Waals surface area (Å²) in [4.78, 5) is 11.3. The number of ether oxygens (including phenoxy) is 1. The van der Waals surface area contributed by atoms with Crippen LogP contribution in [0.1, 0.15) is 36.2 Å². The van der Waals surface area contributed by atoms with Gasteiger partial charge in [0.05, 0.1) is 17.9 Å². The average Bonchev–Trinajstić information content (AvgIpc) is 2.20. The molecule has 0 spiro atoms. The van der Waals surface area contributed by atoms with E-state index in [2.05, 4.69) is 0 Å². The van der Waals surface area contributed by atoms with Crippen molar-refractivity contribution >= 4 is 11.5 Å². The molecule has 0 aliphatic rings. The Balaban J connectivity index is 3.36. The molecule has 0 unspecified atom stereocenters. The number of carbonyl (C=O) groups excluding carboxylic acids is 1. The number of nitrogens with two attached hydrogens (primary N) is 1. The van der Waals surface area contributed by atoms with Crippen molar-refractivity contribution in [3.63, 3.8) is 0 Å². The highest BCUT2D eigenvalue weighted by atomic mass is 19.3. The molecule has 3 nitrogen and oxygen atoms in total. The number of halogens is 2. The van der Waals surface area contributed by atoms with Gasteiger partial charge in [-0.05, 0) is 26.0 Å². The van der Waals surface area contributed by atoms with Crippen LogP contribution in [0.4, 0.5) is 14.5 Å². The van der Waals surface area contributed by atoms with Crippen molar-refractivity contribution < 1.29 is 18.3 Å². The van der Waals surface area contributed by atoms with Gasteiger partial charge >= 0.3 is 0 Å². The number of benzene rings is 1. The van der Waals surface area contributed by atoms with Crippen LogP contribution in [0.5, 0.6) is 5.75 Å². The first kappa shape index (κ1) is 12.4. The number of ketones is 1. The first-order valence-electron chi connectivity index (χ1n) is 4.83. The molecular weight excluding hydrogens is 216 g/mol. The zero-order chi connectivity index (χ0) is 12.3. The van der Waals surface area contributed by atoms with Crippen LogP contribution in [0.25, 0.3) is 0 Å². The monoisotopic (exact) mass is 229 g/mol. The molecule has 2 N–H and O–H groups in total. The molecule has 5 heteroatoms. The van der Waals surface area contributed by atoms with Gasteiger partial charge in [-0.2, -0.15) is 0 Å². The van der Waals surface area contributed by atoms with E-state index in [0.29, 0.717) is 6.61 Å². The Morgan fingerprint density at radius 2 is 2.12 bits per heavy atom. The fourth-order valence-electron chi connectivity index (χ4n) is 1.47. The molecule has 0 atom stereocenters. The quantitative estimate of drug-likeness (QED) is 0.638. The number of Topliss-reactive ketones (excluding diaryl/α,β-unsaturated/α-hetero) is 1. The van der Waals surface area contributed by atoms with Crippen LogP contribution in [-0.4, -0.2) is 12.4 Å². The molecule has 0 fully saturated rings. The maximum atomic E-state index is 12.6. The van der Waals surface area contributed by atoms with E-state index in [-0.39, 0.29) is 22.6 Å². The molecule has 0 heterocycles. The van der Waals surface area contributed by atoms with Crippen molar-refractivity contribution in [1.29, 1.82) is 0 Å². The zero-order valence-corrected chi connectivity index (χ0v) is 9.09. The third-order valence-corrected chi connectivity index (χ3v) is 2.12. The summed E-state index contributed by atoms with van der Waals surface area (Å²) in [6, 6.07) is 2.52. The zero-order valence-electron chi connectivity index (χ0n) is 9.09. The Hall–Kier alpha value is -1.65. The summed E-state index contributed by atoms with van der Waals surface area (Å²) in [5, 5.41) is 0. The third-order valence-electron chi connectivity index (χ3n) is 2.12. The third kappa shape index (κ3) is 2.29. The first-order chi connectivity index (χ1) is 7.49. The smallest absolute Gasteiger partial charge is 0.264 e.